The van der Waals surface area contributed by atoms with Crippen molar-refractivity contribution in [2.45, 2.75) is 26.3 Å². The van der Waals surface area contributed by atoms with E-state index in [1.54, 1.807) is 24.3 Å². The first kappa shape index (κ1) is 23.2. The van der Waals surface area contributed by atoms with E-state index in [2.05, 4.69) is 27.2 Å². The summed E-state index contributed by atoms with van der Waals surface area (Å²) in [4.78, 5) is 24.8. The molecular formula is C21H29N7O4. The van der Waals surface area contributed by atoms with E-state index in [9.17, 15) is 9.90 Å². The molecule has 11 heteroatoms. The molecule has 2 heterocycles. The molecule has 32 heavy (non-hydrogen) atoms. The summed E-state index contributed by atoms with van der Waals surface area (Å²) < 4.78 is 12.3. The number of benzene rings is 1. The van der Waals surface area contributed by atoms with E-state index in [-0.39, 0.29) is 30.3 Å². The van der Waals surface area contributed by atoms with Crippen LogP contribution in [0.2, 0.25) is 0 Å². The van der Waals surface area contributed by atoms with Gasteiger partial charge in [0.25, 0.3) is 11.9 Å². The van der Waals surface area contributed by atoms with Crippen LogP contribution in [-0.4, -0.2) is 63.4 Å². The molecule has 2 aromatic heterocycles. The number of nitrogens with two attached hydrogens (primary N) is 2. The number of amides is 1. The van der Waals surface area contributed by atoms with Crippen molar-refractivity contribution in [2.75, 3.05) is 38.6 Å². The van der Waals surface area contributed by atoms with Crippen LogP contribution >= 0.6 is 0 Å². The molecule has 0 unspecified atom stereocenters. The number of nitrogens with zero attached hydrogens (tertiary/aromatic N) is 4. The first-order valence-corrected chi connectivity index (χ1v) is 10.5. The van der Waals surface area contributed by atoms with Crippen molar-refractivity contribution in [3.05, 3.63) is 35.4 Å². The number of carbonyl (C=O) groups excluding carboxylic acids is 1. The van der Waals surface area contributed by atoms with Gasteiger partial charge in [0.1, 0.15) is 0 Å². The number of carbonyl (C=O) groups is 1. The lowest BCUT2D eigenvalue weighted by Gasteiger charge is -2.09. The molecule has 1 amide bonds. The molecule has 0 radical (unpaired) electrons. The van der Waals surface area contributed by atoms with E-state index in [4.69, 9.17) is 20.9 Å². The molecule has 0 atom stereocenters. The molecular weight excluding hydrogens is 414 g/mol. The van der Waals surface area contributed by atoms with Gasteiger partial charge < -0.3 is 31.4 Å². The quantitative estimate of drug-likeness (QED) is 0.299. The highest BCUT2D eigenvalue weighted by molar-refractivity contribution is 5.94. The van der Waals surface area contributed by atoms with E-state index in [0.29, 0.717) is 49.6 Å². The van der Waals surface area contributed by atoms with E-state index in [0.717, 1.165) is 18.4 Å². The number of anilines is 1. The molecule has 0 spiro atoms. The standard InChI is InChI=1S/C21H29N7O4/c1-2-3-10-32-20-26-17(23)16-18(27-20)28(21(30)25-16)13-14-4-6-15(7-5-14)19(29)24-9-12-31-11-8-22/h4-7H,2-3,8-13,22H2,1H3,(H,24,29)(H,25,30)(H2,23,26,27). The summed E-state index contributed by atoms with van der Waals surface area (Å²) in [6.45, 7) is 4.53. The SMILES string of the molecule is CCCCOc1nc(N)c2nc(O)n(Cc3ccc(C(=O)NCCOCCN)cc3)c2n1. The second kappa shape index (κ2) is 11.3. The Hall–Kier alpha value is -3.44. The molecule has 0 fully saturated rings. The fraction of sp³-hybridized carbons (Fsp3) is 0.429. The van der Waals surface area contributed by atoms with Gasteiger partial charge >= 0.3 is 6.01 Å². The first-order chi connectivity index (χ1) is 15.5. The molecule has 3 rings (SSSR count). The summed E-state index contributed by atoms with van der Waals surface area (Å²) in [6, 6.07) is 6.94. The maximum atomic E-state index is 12.2. The topological polar surface area (TPSA) is 163 Å². The predicted molar refractivity (Wildman–Crippen MR) is 120 cm³/mol. The zero-order valence-electron chi connectivity index (χ0n) is 18.1. The molecule has 0 saturated heterocycles. The number of nitrogens with one attached hydrogen (secondary N) is 1. The Bertz CT molecular complexity index is 1040. The van der Waals surface area contributed by atoms with Crippen molar-refractivity contribution in [3.63, 3.8) is 0 Å². The molecule has 0 bridgehead atoms. The number of hydrogen-bond donors (Lipinski definition) is 4. The minimum Gasteiger partial charge on any atom is -0.480 e. The zero-order valence-corrected chi connectivity index (χ0v) is 18.1. The van der Waals surface area contributed by atoms with Gasteiger partial charge in [-0.2, -0.15) is 15.0 Å². The Morgan fingerprint density at radius 1 is 1.16 bits per heavy atom. The average molecular weight is 444 g/mol. The van der Waals surface area contributed by atoms with E-state index >= 15 is 0 Å². The molecule has 0 aliphatic heterocycles. The third-order valence-corrected chi connectivity index (χ3v) is 4.66. The zero-order chi connectivity index (χ0) is 22.9. The lowest BCUT2D eigenvalue weighted by molar-refractivity contribution is 0.0920. The minimum absolute atomic E-state index is 0.137. The van der Waals surface area contributed by atoms with Crippen LogP contribution in [0.5, 0.6) is 12.0 Å². The number of hydrogen-bond acceptors (Lipinski definition) is 9. The largest absolute Gasteiger partial charge is 0.480 e. The minimum atomic E-state index is -0.231. The van der Waals surface area contributed by atoms with E-state index in [1.165, 1.54) is 4.57 Å². The molecule has 0 aliphatic rings. The van der Waals surface area contributed by atoms with Crippen LogP contribution in [0.4, 0.5) is 5.82 Å². The third kappa shape index (κ3) is 5.83. The Morgan fingerprint density at radius 3 is 2.66 bits per heavy atom. The van der Waals surface area contributed by atoms with Crippen molar-refractivity contribution < 1.29 is 19.4 Å². The van der Waals surface area contributed by atoms with Crippen molar-refractivity contribution in [2.24, 2.45) is 5.73 Å². The summed E-state index contributed by atoms with van der Waals surface area (Å²) in [5.74, 6) is -0.0591. The number of nitrogen functional groups attached to an aromatic ring is 1. The number of imidazole rings is 1. The summed E-state index contributed by atoms with van der Waals surface area (Å²) in [7, 11) is 0. The van der Waals surface area contributed by atoms with Crippen LogP contribution in [0.25, 0.3) is 11.2 Å². The van der Waals surface area contributed by atoms with Crippen LogP contribution in [0.1, 0.15) is 35.7 Å². The number of aromatic nitrogens is 4. The normalized spacial score (nSPS) is 11.1. The first-order valence-electron chi connectivity index (χ1n) is 10.5. The van der Waals surface area contributed by atoms with Crippen LogP contribution < -0.4 is 21.5 Å². The second-order valence-corrected chi connectivity index (χ2v) is 7.12. The summed E-state index contributed by atoms with van der Waals surface area (Å²) in [5.41, 5.74) is 13.4. The van der Waals surface area contributed by atoms with Gasteiger partial charge in [0.2, 0.25) is 0 Å². The van der Waals surface area contributed by atoms with Crippen molar-refractivity contribution in [1.29, 1.82) is 0 Å². The smallest absolute Gasteiger partial charge is 0.320 e. The molecule has 11 nitrogen and oxygen atoms in total. The monoisotopic (exact) mass is 443 g/mol. The summed E-state index contributed by atoms with van der Waals surface area (Å²) in [5, 5.41) is 13.1. The van der Waals surface area contributed by atoms with Gasteiger partial charge in [-0.25, -0.2) is 0 Å². The Balaban J connectivity index is 1.70. The van der Waals surface area contributed by atoms with Crippen LogP contribution in [0.3, 0.4) is 0 Å². The highest BCUT2D eigenvalue weighted by Gasteiger charge is 2.17. The highest BCUT2D eigenvalue weighted by Crippen LogP contribution is 2.25. The molecule has 6 N–H and O–H groups in total. The van der Waals surface area contributed by atoms with E-state index < -0.39 is 0 Å². The third-order valence-electron chi connectivity index (χ3n) is 4.66. The Morgan fingerprint density at radius 2 is 1.94 bits per heavy atom. The van der Waals surface area contributed by atoms with Crippen molar-refractivity contribution in [3.8, 4) is 12.0 Å². The van der Waals surface area contributed by atoms with Gasteiger partial charge in [0.15, 0.2) is 17.0 Å². The van der Waals surface area contributed by atoms with Gasteiger partial charge in [0, 0.05) is 18.7 Å². The van der Waals surface area contributed by atoms with Crippen molar-refractivity contribution >= 4 is 22.9 Å². The summed E-state index contributed by atoms with van der Waals surface area (Å²) >= 11 is 0. The van der Waals surface area contributed by atoms with E-state index in [1.807, 2.05) is 0 Å². The molecule has 0 saturated carbocycles. The molecule has 172 valence electrons. The van der Waals surface area contributed by atoms with Crippen molar-refractivity contribution in [1.82, 2.24) is 24.8 Å². The predicted octanol–water partition coefficient (Wildman–Crippen LogP) is 1.05. The van der Waals surface area contributed by atoms with Gasteiger partial charge in [-0.3, -0.25) is 9.36 Å². The molecule has 1 aromatic carbocycles. The number of ether oxygens (including phenoxy) is 2. The fourth-order valence-corrected chi connectivity index (χ4v) is 2.98. The molecule has 0 aliphatic carbocycles. The number of rotatable bonds is 12. The summed E-state index contributed by atoms with van der Waals surface area (Å²) in [6.07, 6.45) is 1.85. The van der Waals surface area contributed by atoms with Gasteiger partial charge in [-0.05, 0) is 24.1 Å². The maximum absolute atomic E-state index is 12.2. The molecule has 3 aromatic rings. The highest BCUT2D eigenvalue weighted by atomic mass is 16.5. The number of fused-ring (bicyclic) bond motifs is 1. The number of aromatic hydroxyl groups is 1. The van der Waals surface area contributed by atoms with Gasteiger partial charge in [-0.15, -0.1) is 0 Å². The van der Waals surface area contributed by atoms with Gasteiger partial charge in [0.05, 0.1) is 26.4 Å². The lowest BCUT2D eigenvalue weighted by atomic mass is 10.1. The van der Waals surface area contributed by atoms with Crippen LogP contribution in [0, 0.1) is 0 Å². The Labute approximate surface area is 185 Å². The number of unbranched alkanes of at least 4 members (excludes halogenated alkanes) is 1. The van der Waals surface area contributed by atoms with Crippen LogP contribution in [0.15, 0.2) is 24.3 Å². The van der Waals surface area contributed by atoms with Crippen LogP contribution in [-0.2, 0) is 11.3 Å². The van der Waals surface area contributed by atoms with Gasteiger partial charge in [-0.1, -0.05) is 25.5 Å². The Kier molecular flexibility index (Phi) is 8.17. The lowest BCUT2D eigenvalue weighted by Crippen LogP contribution is -2.27. The fourth-order valence-electron chi connectivity index (χ4n) is 2.98. The second-order valence-electron chi connectivity index (χ2n) is 7.12. The maximum Gasteiger partial charge on any atom is 0.320 e. The average Bonchev–Trinajstić information content (AvgIpc) is 3.10.